The lowest BCUT2D eigenvalue weighted by Crippen LogP contribution is -2.24. The second kappa shape index (κ2) is 10.1. The first-order valence-electron chi connectivity index (χ1n) is 10.6. The van der Waals surface area contributed by atoms with E-state index in [4.69, 9.17) is 10.00 Å². The number of carbonyl (C=O) groups is 1. The first kappa shape index (κ1) is 21.6. The van der Waals surface area contributed by atoms with Gasteiger partial charge in [-0.1, -0.05) is 18.6 Å². The fourth-order valence-electron chi connectivity index (χ4n) is 4.01. The molecule has 0 saturated heterocycles. The number of H-pyrrole nitrogens is 1. The molecular formula is C24H29N3O3. The molecule has 158 valence electrons. The van der Waals surface area contributed by atoms with E-state index in [2.05, 4.69) is 10.3 Å². The van der Waals surface area contributed by atoms with Crippen LogP contribution in [0.5, 0.6) is 5.75 Å². The predicted molar refractivity (Wildman–Crippen MR) is 115 cm³/mol. The van der Waals surface area contributed by atoms with Gasteiger partial charge in [0, 0.05) is 18.7 Å². The molecule has 0 spiro atoms. The summed E-state index contributed by atoms with van der Waals surface area (Å²) in [7, 11) is 0. The van der Waals surface area contributed by atoms with Gasteiger partial charge in [-0.25, -0.2) is 0 Å². The molecule has 6 heteroatoms. The molecule has 1 aromatic carbocycles. The van der Waals surface area contributed by atoms with Crippen molar-refractivity contribution in [3.8, 4) is 11.8 Å². The fraction of sp³-hybridized carbons (Fsp3) is 0.458. The summed E-state index contributed by atoms with van der Waals surface area (Å²) >= 11 is 0. The number of nitrogens with one attached hydrogen (secondary N) is 2. The van der Waals surface area contributed by atoms with E-state index in [-0.39, 0.29) is 17.0 Å². The van der Waals surface area contributed by atoms with E-state index in [0.29, 0.717) is 36.7 Å². The molecule has 2 aromatic rings. The van der Waals surface area contributed by atoms with Crippen molar-refractivity contribution in [2.24, 2.45) is 0 Å². The molecule has 1 saturated carbocycles. The maximum absolute atomic E-state index is 12.3. The Labute approximate surface area is 177 Å². The van der Waals surface area contributed by atoms with E-state index in [9.17, 15) is 9.59 Å². The van der Waals surface area contributed by atoms with Crippen LogP contribution in [0.25, 0.3) is 0 Å². The van der Waals surface area contributed by atoms with Crippen LogP contribution in [0, 0.1) is 25.2 Å². The molecule has 2 N–H and O–H groups in total. The van der Waals surface area contributed by atoms with Gasteiger partial charge >= 0.3 is 0 Å². The van der Waals surface area contributed by atoms with E-state index in [0.717, 1.165) is 29.7 Å². The number of ether oxygens (including phenoxy) is 1. The lowest BCUT2D eigenvalue weighted by molar-refractivity contribution is -0.121. The fourth-order valence-corrected chi connectivity index (χ4v) is 4.01. The Morgan fingerprint density at radius 1 is 1.20 bits per heavy atom. The SMILES string of the molecule is Cc1[nH]c(=O)c(C#N)c(C)c1CCC(=O)NCc1ccc(OC2CCCCC2)cc1. The summed E-state index contributed by atoms with van der Waals surface area (Å²) in [6, 6.07) is 9.83. The number of hydrogen-bond donors (Lipinski definition) is 2. The van der Waals surface area contributed by atoms with Crippen molar-refractivity contribution in [3.63, 3.8) is 0 Å². The maximum atomic E-state index is 12.3. The zero-order valence-electron chi connectivity index (χ0n) is 17.7. The third-order valence-electron chi connectivity index (χ3n) is 5.79. The van der Waals surface area contributed by atoms with Crippen LogP contribution in [0.1, 0.15) is 66.5 Å². The Morgan fingerprint density at radius 2 is 1.90 bits per heavy atom. The van der Waals surface area contributed by atoms with E-state index >= 15 is 0 Å². The Kier molecular flexibility index (Phi) is 7.29. The lowest BCUT2D eigenvalue weighted by Gasteiger charge is -2.23. The van der Waals surface area contributed by atoms with E-state index in [1.54, 1.807) is 13.8 Å². The zero-order chi connectivity index (χ0) is 21.5. The minimum atomic E-state index is -0.378. The molecule has 1 aliphatic carbocycles. The highest BCUT2D eigenvalue weighted by molar-refractivity contribution is 5.76. The van der Waals surface area contributed by atoms with Gasteiger partial charge in [-0.05, 0) is 74.8 Å². The van der Waals surface area contributed by atoms with E-state index < -0.39 is 0 Å². The summed E-state index contributed by atoms with van der Waals surface area (Å²) in [4.78, 5) is 26.8. The van der Waals surface area contributed by atoms with Gasteiger partial charge in [0.25, 0.3) is 5.56 Å². The van der Waals surface area contributed by atoms with Crippen molar-refractivity contribution in [1.82, 2.24) is 10.3 Å². The molecule has 1 amide bonds. The average molecular weight is 408 g/mol. The second-order valence-electron chi connectivity index (χ2n) is 7.97. The summed E-state index contributed by atoms with van der Waals surface area (Å²) in [5.41, 5.74) is 2.97. The normalized spacial score (nSPS) is 14.2. The van der Waals surface area contributed by atoms with Crippen LogP contribution in [0.15, 0.2) is 29.1 Å². The van der Waals surface area contributed by atoms with Gasteiger partial charge < -0.3 is 15.0 Å². The Morgan fingerprint density at radius 3 is 2.57 bits per heavy atom. The van der Waals surface area contributed by atoms with Crippen molar-refractivity contribution >= 4 is 5.91 Å². The summed E-state index contributed by atoms with van der Waals surface area (Å²) in [6.07, 6.45) is 7.13. The highest BCUT2D eigenvalue weighted by Crippen LogP contribution is 2.23. The highest BCUT2D eigenvalue weighted by atomic mass is 16.5. The summed E-state index contributed by atoms with van der Waals surface area (Å²) in [5.74, 6) is 0.815. The number of nitrogens with zero attached hydrogens (tertiary/aromatic N) is 1. The molecule has 30 heavy (non-hydrogen) atoms. The van der Waals surface area contributed by atoms with Crippen LogP contribution >= 0.6 is 0 Å². The van der Waals surface area contributed by atoms with E-state index in [1.807, 2.05) is 30.3 Å². The molecule has 0 unspecified atom stereocenters. The molecule has 1 heterocycles. The van der Waals surface area contributed by atoms with Crippen LogP contribution in [0.4, 0.5) is 0 Å². The van der Waals surface area contributed by atoms with Crippen LogP contribution in [0.2, 0.25) is 0 Å². The Balaban J connectivity index is 1.49. The van der Waals surface area contributed by atoms with Gasteiger partial charge in [0.2, 0.25) is 5.91 Å². The van der Waals surface area contributed by atoms with Gasteiger partial charge in [0.05, 0.1) is 6.10 Å². The number of carbonyl (C=O) groups excluding carboxylic acids is 1. The number of rotatable bonds is 7. The second-order valence-corrected chi connectivity index (χ2v) is 7.97. The standard InChI is InChI=1S/C24H29N3O3/c1-16-21(17(2)27-24(29)22(16)14-25)12-13-23(28)26-15-18-8-10-20(11-9-18)30-19-6-4-3-5-7-19/h8-11,19H,3-7,12-13,15H2,1-2H3,(H,26,28)(H,27,29). The Bertz CT molecular complexity index is 980. The molecule has 3 rings (SSSR count). The average Bonchev–Trinajstić information content (AvgIpc) is 2.74. The number of hydrogen-bond acceptors (Lipinski definition) is 4. The molecule has 0 atom stereocenters. The van der Waals surface area contributed by atoms with Crippen LogP contribution in [-0.2, 0) is 17.8 Å². The predicted octanol–water partition coefficient (Wildman–Crippen LogP) is 3.82. The third-order valence-corrected chi connectivity index (χ3v) is 5.79. The lowest BCUT2D eigenvalue weighted by atomic mass is 9.98. The molecule has 0 bridgehead atoms. The quantitative estimate of drug-likeness (QED) is 0.729. The topological polar surface area (TPSA) is 95.0 Å². The van der Waals surface area contributed by atoms with Gasteiger partial charge in [0.1, 0.15) is 17.4 Å². The largest absolute Gasteiger partial charge is 0.490 e. The Hall–Kier alpha value is -3.07. The van der Waals surface area contributed by atoms with Crippen molar-refractivity contribution in [1.29, 1.82) is 5.26 Å². The molecular weight excluding hydrogens is 378 g/mol. The first-order valence-corrected chi connectivity index (χ1v) is 10.6. The summed E-state index contributed by atoms with van der Waals surface area (Å²) in [6.45, 7) is 4.00. The minimum Gasteiger partial charge on any atom is -0.490 e. The van der Waals surface area contributed by atoms with E-state index in [1.165, 1.54) is 19.3 Å². The van der Waals surface area contributed by atoms with Crippen LogP contribution in [-0.4, -0.2) is 17.0 Å². The number of aryl methyl sites for hydroxylation is 1. The van der Waals surface area contributed by atoms with Gasteiger partial charge in [-0.15, -0.1) is 0 Å². The molecule has 0 radical (unpaired) electrons. The molecule has 1 aromatic heterocycles. The highest BCUT2D eigenvalue weighted by Gasteiger charge is 2.15. The number of amides is 1. The van der Waals surface area contributed by atoms with Gasteiger partial charge in [0.15, 0.2) is 0 Å². The third kappa shape index (κ3) is 5.50. The number of aromatic nitrogens is 1. The number of aromatic amines is 1. The van der Waals surface area contributed by atoms with Crippen molar-refractivity contribution in [2.45, 2.75) is 71.4 Å². The number of nitriles is 1. The van der Waals surface area contributed by atoms with Crippen molar-refractivity contribution in [3.05, 3.63) is 62.6 Å². The van der Waals surface area contributed by atoms with Gasteiger partial charge in [-0.2, -0.15) is 5.26 Å². The molecule has 1 aliphatic rings. The minimum absolute atomic E-state index is 0.0685. The van der Waals surface area contributed by atoms with Crippen LogP contribution < -0.4 is 15.6 Å². The number of benzene rings is 1. The van der Waals surface area contributed by atoms with Gasteiger partial charge in [-0.3, -0.25) is 9.59 Å². The smallest absolute Gasteiger partial charge is 0.266 e. The first-order chi connectivity index (χ1) is 14.5. The molecule has 6 nitrogen and oxygen atoms in total. The van der Waals surface area contributed by atoms with Crippen molar-refractivity contribution < 1.29 is 9.53 Å². The number of pyridine rings is 1. The molecule has 0 aliphatic heterocycles. The van der Waals surface area contributed by atoms with Crippen LogP contribution in [0.3, 0.4) is 0 Å². The summed E-state index contributed by atoms with van der Waals surface area (Å²) < 4.78 is 6.04. The zero-order valence-corrected chi connectivity index (χ0v) is 17.7. The monoisotopic (exact) mass is 407 g/mol. The maximum Gasteiger partial charge on any atom is 0.266 e. The molecule has 1 fully saturated rings. The summed E-state index contributed by atoms with van der Waals surface area (Å²) in [5, 5.41) is 12.1. The van der Waals surface area contributed by atoms with Crippen molar-refractivity contribution in [2.75, 3.05) is 0 Å².